The van der Waals surface area contributed by atoms with Gasteiger partial charge >= 0.3 is 33.6 Å². The van der Waals surface area contributed by atoms with Gasteiger partial charge in [-0.25, -0.2) is 9.13 Å². The van der Waals surface area contributed by atoms with Crippen LogP contribution < -0.4 is 0 Å². The molecular formula is C85H140O16P2. The lowest BCUT2D eigenvalue weighted by Gasteiger charge is -2.21. The molecule has 0 aliphatic rings. The highest BCUT2D eigenvalue weighted by atomic mass is 31.2. The first kappa shape index (κ1) is 97.9. The fraction of sp³-hybridized carbons (Fsp3) is 0.635. The molecule has 0 rings (SSSR count). The van der Waals surface area contributed by atoms with Crippen molar-refractivity contribution in [2.24, 2.45) is 0 Å². The highest BCUT2D eigenvalue weighted by Crippen LogP contribution is 2.45. The molecule has 0 heterocycles. The number of ether oxygens (including phenoxy) is 3. The van der Waals surface area contributed by atoms with Crippen LogP contribution in [0.3, 0.4) is 0 Å². The number of hydrogen-bond acceptors (Lipinski definition) is 14. The lowest BCUT2D eigenvalue weighted by atomic mass is 10.0. The molecule has 0 amide bonds. The molecule has 0 spiro atoms. The Labute approximate surface area is 624 Å². The van der Waals surface area contributed by atoms with E-state index < -0.39 is 91.5 Å². The number of aliphatic hydroxyl groups excluding tert-OH is 2. The van der Waals surface area contributed by atoms with E-state index in [-0.39, 0.29) is 19.3 Å². The standard InChI is InChI=1S/C85H140O16P2/c1-4-7-10-13-16-19-22-25-28-31-33-35-36-37-38-39-40-41-42-44-46-48-50-53-56-59-62-65-68-71-83(88)95-74-80(86)75-97-102(91,92)98-76-81(87)77-99-103(93,94)100-79-82(101-85(90)73-70-67-64-61-58-55-52-47-30-27-24-21-18-15-12-9-6-3)78-96-84(89)72-69-66-63-60-57-54-51-49-45-43-34-32-29-26-23-20-17-14-11-8-5-2/h7-12,16-21,25-30,33-35,37-38,43,49,51,57,60,80-82,86-87H,4-6,13-15,22-24,31-32,36,39-42,44-48,50,52-56,58-59,61-79H2,1-3H3,(H,91,92)(H,93,94)/b10-7-,11-8-,12-9-,19-16-,20-17-,21-18-,28-25-,29-26-,30-27-,35-33-,38-37-,43-34-,51-49-,60-57-. The summed E-state index contributed by atoms with van der Waals surface area (Å²) >= 11 is 0. The molecule has 0 aromatic carbocycles. The number of phosphoric acid groups is 2. The molecule has 0 bridgehead atoms. The number of allylic oxidation sites excluding steroid dienone is 28. The number of esters is 3. The van der Waals surface area contributed by atoms with E-state index in [1.807, 2.05) is 0 Å². The molecule has 18 heteroatoms. The van der Waals surface area contributed by atoms with Crippen LogP contribution in [0.1, 0.15) is 290 Å². The fourth-order valence-electron chi connectivity index (χ4n) is 10.0. The topological polar surface area (TPSA) is 231 Å². The van der Waals surface area contributed by atoms with E-state index >= 15 is 0 Å². The van der Waals surface area contributed by atoms with Crippen molar-refractivity contribution in [3.8, 4) is 0 Å². The third-order valence-electron chi connectivity index (χ3n) is 15.9. The molecule has 0 aromatic heterocycles. The summed E-state index contributed by atoms with van der Waals surface area (Å²) in [7, 11) is -9.82. The van der Waals surface area contributed by atoms with Crippen LogP contribution in [-0.2, 0) is 55.8 Å². The molecule has 0 fully saturated rings. The fourth-order valence-corrected chi connectivity index (χ4v) is 11.6. The summed E-state index contributed by atoms with van der Waals surface area (Å²) in [5.74, 6) is -1.65. The summed E-state index contributed by atoms with van der Waals surface area (Å²) in [5.41, 5.74) is 0. The average molecular weight is 1480 g/mol. The van der Waals surface area contributed by atoms with Crippen molar-refractivity contribution in [2.75, 3.05) is 39.6 Å². The molecule has 5 atom stereocenters. The molecule has 586 valence electrons. The second kappa shape index (κ2) is 76.6. The SMILES string of the molecule is CC/C=C\C/C=C\C/C=C\C/C=C\C/C=C\C/C=C\CCCCC(=O)OCC(COP(=O)(O)OCC(O)COP(=O)(O)OCC(O)COC(=O)CCCCCCCCCCCCCCC/C=C\C/C=C\C/C=C\C/C=C\C/C=C\CC)OC(=O)CCCCCCCCC/C=C\C/C=C\C/C=C\CC. The van der Waals surface area contributed by atoms with Crippen LogP contribution in [-0.4, -0.2) is 95.9 Å². The summed E-state index contributed by atoms with van der Waals surface area (Å²) in [6, 6.07) is 0. The van der Waals surface area contributed by atoms with Crippen LogP contribution in [0, 0.1) is 0 Å². The lowest BCUT2D eigenvalue weighted by molar-refractivity contribution is -0.161. The van der Waals surface area contributed by atoms with Gasteiger partial charge in [-0.2, -0.15) is 0 Å². The Balaban J connectivity index is 4.61. The molecule has 5 unspecified atom stereocenters. The third-order valence-corrected chi connectivity index (χ3v) is 17.8. The molecule has 16 nitrogen and oxygen atoms in total. The summed E-state index contributed by atoms with van der Waals surface area (Å²) in [6.07, 6.45) is 96.9. The van der Waals surface area contributed by atoms with E-state index in [0.29, 0.717) is 19.3 Å². The minimum atomic E-state index is -4.95. The highest BCUT2D eigenvalue weighted by molar-refractivity contribution is 7.47. The molecular weight excluding hydrogens is 1340 g/mol. The number of rotatable bonds is 73. The van der Waals surface area contributed by atoms with Gasteiger partial charge in [-0.15, -0.1) is 0 Å². The molecule has 4 N–H and O–H groups in total. The van der Waals surface area contributed by atoms with E-state index in [2.05, 4.69) is 191 Å². The van der Waals surface area contributed by atoms with Crippen molar-refractivity contribution < 1.29 is 75.8 Å². The average Bonchev–Trinajstić information content (AvgIpc) is 0.924. The van der Waals surface area contributed by atoms with Gasteiger partial charge in [0, 0.05) is 19.3 Å². The largest absolute Gasteiger partial charge is 0.472 e. The predicted octanol–water partition coefficient (Wildman–Crippen LogP) is 23.2. The van der Waals surface area contributed by atoms with E-state index in [1.54, 1.807) is 0 Å². The summed E-state index contributed by atoms with van der Waals surface area (Å²) in [5, 5.41) is 20.6. The minimum absolute atomic E-state index is 0.0776. The number of carbonyl (C=O) groups is 3. The zero-order chi connectivity index (χ0) is 75.2. The smallest absolute Gasteiger partial charge is 0.463 e. The van der Waals surface area contributed by atoms with Crippen molar-refractivity contribution in [2.45, 2.75) is 309 Å². The first-order valence-corrected chi connectivity index (χ1v) is 42.4. The van der Waals surface area contributed by atoms with Gasteiger partial charge in [0.05, 0.1) is 26.4 Å². The Hall–Kier alpha value is -5.09. The Kier molecular flexibility index (Phi) is 72.8. The van der Waals surface area contributed by atoms with Gasteiger partial charge in [0.25, 0.3) is 0 Å². The summed E-state index contributed by atoms with van der Waals surface area (Å²) in [6.45, 7) is 2.27. The third kappa shape index (κ3) is 77.8. The molecule has 103 heavy (non-hydrogen) atoms. The number of hydrogen-bond donors (Lipinski definition) is 4. The van der Waals surface area contributed by atoms with E-state index in [0.717, 1.165) is 173 Å². The van der Waals surface area contributed by atoms with Crippen molar-refractivity contribution in [3.63, 3.8) is 0 Å². The normalized spacial score (nSPS) is 14.9. The van der Waals surface area contributed by atoms with Gasteiger partial charge in [0.1, 0.15) is 25.4 Å². The summed E-state index contributed by atoms with van der Waals surface area (Å²) < 4.78 is 61.1. The quantitative estimate of drug-likeness (QED) is 0.0146. The highest BCUT2D eigenvalue weighted by Gasteiger charge is 2.29. The Morgan fingerprint density at radius 2 is 0.485 bits per heavy atom. The second-order valence-electron chi connectivity index (χ2n) is 25.7. The molecule has 0 aromatic rings. The van der Waals surface area contributed by atoms with Gasteiger partial charge in [0.15, 0.2) is 6.10 Å². The van der Waals surface area contributed by atoms with E-state index in [4.69, 9.17) is 32.3 Å². The Morgan fingerprint density at radius 3 is 0.786 bits per heavy atom. The van der Waals surface area contributed by atoms with Gasteiger partial charge in [-0.05, 0) is 148 Å². The number of phosphoric ester groups is 2. The number of carbonyl (C=O) groups excluding carboxylic acids is 3. The number of unbranched alkanes of at least 4 members (excludes halogenated alkanes) is 22. The maximum atomic E-state index is 13.0. The van der Waals surface area contributed by atoms with E-state index in [9.17, 15) is 43.5 Å². The number of aliphatic hydroxyl groups is 2. The van der Waals surface area contributed by atoms with Crippen molar-refractivity contribution in [1.29, 1.82) is 0 Å². The van der Waals surface area contributed by atoms with Crippen molar-refractivity contribution in [1.82, 2.24) is 0 Å². The lowest BCUT2D eigenvalue weighted by Crippen LogP contribution is -2.30. The van der Waals surface area contributed by atoms with Crippen LogP contribution in [0.2, 0.25) is 0 Å². The Bertz CT molecular complexity index is 2550. The van der Waals surface area contributed by atoms with Crippen molar-refractivity contribution in [3.05, 3.63) is 170 Å². The van der Waals surface area contributed by atoms with Crippen LogP contribution in [0.25, 0.3) is 0 Å². The molecule has 0 radical (unpaired) electrons. The monoisotopic (exact) mass is 1480 g/mol. The summed E-state index contributed by atoms with van der Waals surface area (Å²) in [4.78, 5) is 58.7. The zero-order valence-electron chi connectivity index (χ0n) is 63.9. The molecule has 0 aliphatic heterocycles. The zero-order valence-corrected chi connectivity index (χ0v) is 65.7. The van der Waals surface area contributed by atoms with Gasteiger partial charge in [0.2, 0.25) is 0 Å². The Morgan fingerprint density at radius 1 is 0.272 bits per heavy atom. The van der Waals surface area contributed by atoms with Gasteiger partial charge in [-0.3, -0.25) is 32.5 Å². The van der Waals surface area contributed by atoms with Crippen LogP contribution in [0.5, 0.6) is 0 Å². The van der Waals surface area contributed by atoms with Gasteiger partial charge in [-0.1, -0.05) is 294 Å². The maximum absolute atomic E-state index is 13.0. The van der Waals surface area contributed by atoms with Crippen LogP contribution in [0.15, 0.2) is 170 Å². The predicted molar refractivity (Wildman–Crippen MR) is 426 cm³/mol. The van der Waals surface area contributed by atoms with Crippen molar-refractivity contribution >= 4 is 33.6 Å². The minimum Gasteiger partial charge on any atom is -0.463 e. The first-order valence-electron chi connectivity index (χ1n) is 39.4. The molecule has 0 aliphatic carbocycles. The van der Waals surface area contributed by atoms with Crippen LogP contribution >= 0.6 is 15.6 Å². The van der Waals surface area contributed by atoms with E-state index in [1.165, 1.54) is 57.8 Å². The van der Waals surface area contributed by atoms with Crippen LogP contribution in [0.4, 0.5) is 0 Å². The molecule has 0 saturated heterocycles. The van der Waals surface area contributed by atoms with Gasteiger partial charge < -0.3 is 34.2 Å². The molecule has 0 saturated carbocycles. The second-order valence-corrected chi connectivity index (χ2v) is 28.6. The maximum Gasteiger partial charge on any atom is 0.472 e. The first-order chi connectivity index (χ1) is 50.2.